The lowest BCUT2D eigenvalue weighted by molar-refractivity contribution is 0.396. The van der Waals surface area contributed by atoms with Crippen LogP contribution in [0, 0.1) is 0 Å². The van der Waals surface area contributed by atoms with Gasteiger partial charge < -0.3 is 15.2 Å². The molecule has 1 unspecified atom stereocenters. The van der Waals surface area contributed by atoms with Crippen molar-refractivity contribution in [3.05, 3.63) is 53.1 Å². The normalized spacial score (nSPS) is 12.0. The Morgan fingerprint density at radius 1 is 1.14 bits per heavy atom. The van der Waals surface area contributed by atoms with E-state index in [9.17, 15) is 0 Å². The third-order valence-electron chi connectivity index (χ3n) is 3.06. The number of hydrogen-bond acceptors (Lipinski definition) is 4. The predicted octanol–water partition coefficient (Wildman–Crippen LogP) is 4.15. The highest BCUT2D eigenvalue weighted by atomic mass is 35.5. The molecule has 0 aromatic heterocycles. The van der Waals surface area contributed by atoms with E-state index in [-0.39, 0.29) is 6.04 Å². The second kappa shape index (κ2) is 7.59. The quantitative estimate of drug-likeness (QED) is 0.811. The molecule has 0 aliphatic carbocycles. The predicted molar refractivity (Wildman–Crippen MR) is 88.7 cm³/mol. The minimum absolute atomic E-state index is 0.154. The van der Waals surface area contributed by atoms with Gasteiger partial charge in [-0.25, -0.2) is 0 Å². The molecule has 0 amide bonds. The first-order valence-corrected chi connectivity index (χ1v) is 7.86. The summed E-state index contributed by atoms with van der Waals surface area (Å²) >= 11 is 7.65. The highest BCUT2D eigenvalue weighted by molar-refractivity contribution is 7.99. The fourth-order valence-electron chi connectivity index (χ4n) is 1.96. The summed E-state index contributed by atoms with van der Waals surface area (Å²) in [5.41, 5.74) is 7.23. The van der Waals surface area contributed by atoms with Crippen molar-refractivity contribution in [1.29, 1.82) is 0 Å². The van der Waals surface area contributed by atoms with Gasteiger partial charge in [0.05, 0.1) is 14.2 Å². The van der Waals surface area contributed by atoms with Crippen LogP contribution < -0.4 is 15.2 Å². The number of halogens is 1. The van der Waals surface area contributed by atoms with E-state index < -0.39 is 0 Å². The largest absolute Gasteiger partial charge is 0.497 e. The number of hydrogen-bond donors (Lipinski definition) is 1. The second-order valence-corrected chi connectivity index (χ2v) is 6.01. The topological polar surface area (TPSA) is 44.5 Å². The van der Waals surface area contributed by atoms with Gasteiger partial charge in [0.2, 0.25) is 0 Å². The Kier molecular flexibility index (Phi) is 5.79. The van der Waals surface area contributed by atoms with Gasteiger partial charge in [0.15, 0.2) is 0 Å². The zero-order chi connectivity index (χ0) is 15.2. The molecule has 0 heterocycles. The molecule has 0 spiro atoms. The molecule has 0 fully saturated rings. The molecule has 2 rings (SSSR count). The van der Waals surface area contributed by atoms with Gasteiger partial charge in [0.25, 0.3) is 0 Å². The van der Waals surface area contributed by atoms with Crippen molar-refractivity contribution in [3.8, 4) is 11.5 Å². The molecule has 5 heteroatoms. The average Bonchev–Trinajstić information content (AvgIpc) is 2.52. The van der Waals surface area contributed by atoms with Gasteiger partial charge in [0.1, 0.15) is 11.5 Å². The van der Waals surface area contributed by atoms with Crippen molar-refractivity contribution in [2.24, 2.45) is 5.73 Å². The van der Waals surface area contributed by atoms with Gasteiger partial charge >= 0.3 is 0 Å². The Labute approximate surface area is 134 Å². The van der Waals surface area contributed by atoms with E-state index in [1.807, 2.05) is 42.5 Å². The van der Waals surface area contributed by atoms with Crippen LogP contribution in [-0.2, 0) is 0 Å². The van der Waals surface area contributed by atoms with Crippen molar-refractivity contribution in [2.75, 3.05) is 20.0 Å². The Morgan fingerprint density at radius 2 is 1.95 bits per heavy atom. The summed E-state index contributed by atoms with van der Waals surface area (Å²) in [6, 6.07) is 13.2. The van der Waals surface area contributed by atoms with Crippen molar-refractivity contribution < 1.29 is 9.47 Å². The highest BCUT2D eigenvalue weighted by Gasteiger charge is 2.14. The van der Waals surface area contributed by atoms with Gasteiger partial charge in [-0.1, -0.05) is 17.7 Å². The third kappa shape index (κ3) is 4.30. The molecule has 2 N–H and O–H groups in total. The molecule has 2 aromatic rings. The van der Waals surface area contributed by atoms with Crippen molar-refractivity contribution in [3.63, 3.8) is 0 Å². The fourth-order valence-corrected chi connectivity index (χ4v) is 3.15. The lowest BCUT2D eigenvalue weighted by Crippen LogP contribution is -2.14. The van der Waals surface area contributed by atoms with Gasteiger partial charge in [0, 0.05) is 27.3 Å². The summed E-state index contributed by atoms with van der Waals surface area (Å²) in [5.74, 6) is 2.27. The number of rotatable bonds is 6. The Balaban J connectivity index is 2.10. The lowest BCUT2D eigenvalue weighted by atomic mass is 10.1. The zero-order valence-electron chi connectivity index (χ0n) is 12.0. The SMILES string of the molecule is COc1ccc(OC)c(C(N)CSc2cccc(Cl)c2)c1. The van der Waals surface area contributed by atoms with E-state index in [1.165, 1.54) is 0 Å². The molecule has 0 saturated heterocycles. The average molecular weight is 324 g/mol. The van der Waals surface area contributed by atoms with E-state index in [0.717, 1.165) is 32.7 Å². The van der Waals surface area contributed by atoms with E-state index in [0.29, 0.717) is 0 Å². The summed E-state index contributed by atoms with van der Waals surface area (Å²) < 4.78 is 10.6. The minimum atomic E-state index is -0.154. The molecule has 0 aliphatic rings. The van der Waals surface area contributed by atoms with E-state index in [2.05, 4.69) is 0 Å². The monoisotopic (exact) mass is 323 g/mol. The summed E-state index contributed by atoms with van der Waals surface area (Å²) in [5, 5.41) is 0.729. The van der Waals surface area contributed by atoms with Crippen molar-refractivity contribution in [2.45, 2.75) is 10.9 Å². The third-order valence-corrected chi connectivity index (χ3v) is 4.41. The van der Waals surface area contributed by atoms with Crippen LogP contribution in [0.2, 0.25) is 5.02 Å². The smallest absolute Gasteiger partial charge is 0.123 e. The van der Waals surface area contributed by atoms with Crippen molar-refractivity contribution >= 4 is 23.4 Å². The summed E-state index contributed by atoms with van der Waals surface area (Å²) in [4.78, 5) is 1.10. The molecular weight excluding hydrogens is 306 g/mol. The number of benzene rings is 2. The molecule has 0 aliphatic heterocycles. The standard InChI is InChI=1S/C16H18ClNO2S/c1-19-12-6-7-16(20-2)14(9-12)15(18)10-21-13-5-3-4-11(17)8-13/h3-9,15H,10,18H2,1-2H3. The molecule has 0 bridgehead atoms. The number of thioether (sulfide) groups is 1. The fraction of sp³-hybridized carbons (Fsp3) is 0.250. The van der Waals surface area contributed by atoms with Crippen LogP contribution in [0.15, 0.2) is 47.4 Å². The summed E-state index contributed by atoms with van der Waals surface area (Å²) in [7, 11) is 3.28. The van der Waals surface area contributed by atoms with Gasteiger partial charge in [-0.3, -0.25) is 0 Å². The maximum absolute atomic E-state index is 6.29. The van der Waals surface area contributed by atoms with Crippen LogP contribution in [0.5, 0.6) is 11.5 Å². The van der Waals surface area contributed by atoms with Crippen molar-refractivity contribution in [1.82, 2.24) is 0 Å². The summed E-state index contributed by atoms with van der Waals surface area (Å²) in [6.07, 6.45) is 0. The highest BCUT2D eigenvalue weighted by Crippen LogP contribution is 2.32. The van der Waals surface area contributed by atoms with Crippen LogP contribution in [0.25, 0.3) is 0 Å². The molecule has 2 aromatic carbocycles. The summed E-state index contributed by atoms with van der Waals surface area (Å²) in [6.45, 7) is 0. The first-order chi connectivity index (χ1) is 10.1. The van der Waals surface area contributed by atoms with Crippen LogP contribution in [0.1, 0.15) is 11.6 Å². The molecule has 1 atom stereocenters. The Morgan fingerprint density at radius 3 is 2.62 bits per heavy atom. The molecule has 0 saturated carbocycles. The maximum Gasteiger partial charge on any atom is 0.123 e. The van der Waals surface area contributed by atoms with E-state index in [1.54, 1.807) is 26.0 Å². The molecular formula is C16H18ClNO2S. The Hall–Kier alpha value is -1.36. The van der Waals surface area contributed by atoms with Crippen LogP contribution in [0.4, 0.5) is 0 Å². The van der Waals surface area contributed by atoms with Gasteiger partial charge in [-0.2, -0.15) is 0 Å². The number of methoxy groups -OCH3 is 2. The minimum Gasteiger partial charge on any atom is -0.497 e. The van der Waals surface area contributed by atoms with Gasteiger partial charge in [-0.05, 0) is 36.4 Å². The molecule has 112 valence electrons. The molecule has 21 heavy (non-hydrogen) atoms. The van der Waals surface area contributed by atoms with Gasteiger partial charge in [-0.15, -0.1) is 11.8 Å². The molecule has 0 radical (unpaired) electrons. The lowest BCUT2D eigenvalue weighted by Gasteiger charge is -2.16. The number of nitrogens with two attached hydrogens (primary N) is 1. The van der Waals surface area contributed by atoms with E-state index >= 15 is 0 Å². The first kappa shape index (κ1) is 16.0. The number of ether oxygens (including phenoxy) is 2. The molecule has 3 nitrogen and oxygen atoms in total. The van der Waals surface area contributed by atoms with Crippen LogP contribution >= 0.6 is 23.4 Å². The first-order valence-electron chi connectivity index (χ1n) is 6.50. The van der Waals surface area contributed by atoms with E-state index in [4.69, 9.17) is 26.8 Å². The van der Waals surface area contributed by atoms with Crippen LogP contribution in [-0.4, -0.2) is 20.0 Å². The zero-order valence-corrected chi connectivity index (χ0v) is 13.6. The van der Waals surface area contributed by atoms with Crippen LogP contribution in [0.3, 0.4) is 0 Å². The second-order valence-electron chi connectivity index (χ2n) is 4.48. The Bertz CT molecular complexity index is 607. The maximum atomic E-state index is 6.29.